The van der Waals surface area contributed by atoms with E-state index in [4.69, 9.17) is 4.98 Å². The van der Waals surface area contributed by atoms with E-state index in [0.717, 1.165) is 49.6 Å². The highest BCUT2D eigenvalue weighted by Crippen LogP contribution is 2.40. The zero-order valence-corrected chi connectivity index (χ0v) is 15.0. The summed E-state index contributed by atoms with van der Waals surface area (Å²) in [6.07, 6.45) is 7.19. The molecule has 4 heterocycles. The molecule has 0 radical (unpaired) electrons. The van der Waals surface area contributed by atoms with Crippen LogP contribution in [-0.4, -0.2) is 59.0 Å². The first-order valence-electron chi connectivity index (χ1n) is 9.90. The number of carbonyl (C=O) groups is 1. The van der Waals surface area contributed by atoms with Crippen molar-refractivity contribution < 1.29 is 4.79 Å². The molecule has 4 aliphatic rings. The third-order valence-corrected chi connectivity index (χ3v) is 6.31. The molecule has 3 aliphatic heterocycles. The summed E-state index contributed by atoms with van der Waals surface area (Å²) in [7, 11) is 0. The first kappa shape index (κ1) is 15.6. The minimum atomic E-state index is -0.0199. The second kappa shape index (κ2) is 5.94. The van der Waals surface area contributed by atoms with Crippen LogP contribution in [0.5, 0.6) is 0 Å². The maximum absolute atomic E-state index is 12.3. The Bertz CT molecular complexity index is 695. The Balaban J connectivity index is 1.40. The number of amides is 1. The number of aromatic nitrogens is 2. The molecule has 1 N–H and O–H groups in total. The third kappa shape index (κ3) is 2.71. The van der Waals surface area contributed by atoms with Crippen molar-refractivity contribution in [1.82, 2.24) is 20.2 Å². The van der Waals surface area contributed by atoms with Crippen LogP contribution < -0.4 is 10.2 Å². The molecule has 0 spiro atoms. The van der Waals surface area contributed by atoms with Crippen molar-refractivity contribution in [3.05, 3.63) is 17.1 Å². The fourth-order valence-electron chi connectivity index (χ4n) is 4.58. The number of hydrogen-bond acceptors (Lipinski definition) is 5. The van der Waals surface area contributed by atoms with E-state index in [-0.39, 0.29) is 5.91 Å². The molecule has 1 aliphatic carbocycles. The van der Waals surface area contributed by atoms with Crippen molar-refractivity contribution in [2.75, 3.05) is 31.1 Å². The molecule has 3 fully saturated rings. The molecule has 6 heteroatoms. The van der Waals surface area contributed by atoms with Gasteiger partial charge in [0.05, 0.1) is 0 Å². The molecule has 6 nitrogen and oxygen atoms in total. The van der Waals surface area contributed by atoms with Crippen molar-refractivity contribution in [2.24, 2.45) is 0 Å². The zero-order valence-electron chi connectivity index (χ0n) is 15.0. The standard InChI is InChI=1S/C19H27N5O/c1-12-4-2-3-9-24(12)14-10-23(11-14)18-15-7-8-20-19(25)16(15)21-17(22-18)13-5-6-13/h12-14H,2-11H2,1H3,(H,20,25). The van der Waals surface area contributed by atoms with Gasteiger partial charge in [0.15, 0.2) is 0 Å². The number of anilines is 1. The van der Waals surface area contributed by atoms with Crippen LogP contribution in [0.3, 0.4) is 0 Å². The van der Waals surface area contributed by atoms with E-state index < -0.39 is 0 Å². The van der Waals surface area contributed by atoms with Crippen molar-refractivity contribution in [2.45, 2.75) is 63.5 Å². The van der Waals surface area contributed by atoms with Crippen LogP contribution in [0.2, 0.25) is 0 Å². The molecule has 1 saturated carbocycles. The van der Waals surface area contributed by atoms with Gasteiger partial charge in [-0.05, 0) is 45.6 Å². The van der Waals surface area contributed by atoms with Crippen LogP contribution in [0, 0.1) is 0 Å². The zero-order chi connectivity index (χ0) is 17.0. The molecule has 1 unspecified atom stereocenters. The molecule has 134 valence electrons. The van der Waals surface area contributed by atoms with Gasteiger partial charge in [0, 0.05) is 43.2 Å². The minimum absolute atomic E-state index is 0.0199. The largest absolute Gasteiger partial charge is 0.353 e. The van der Waals surface area contributed by atoms with Crippen LogP contribution in [0.15, 0.2) is 0 Å². The fraction of sp³-hybridized carbons (Fsp3) is 0.737. The third-order valence-electron chi connectivity index (χ3n) is 6.31. The van der Waals surface area contributed by atoms with E-state index in [0.29, 0.717) is 30.2 Å². The molecule has 0 bridgehead atoms. The van der Waals surface area contributed by atoms with E-state index >= 15 is 0 Å². The SMILES string of the molecule is CC1CCCCN1C1CN(c2nc(C3CC3)nc3c2CCNC3=O)C1. The molecule has 0 aromatic carbocycles. The van der Waals surface area contributed by atoms with Gasteiger partial charge in [0.1, 0.15) is 17.3 Å². The number of nitrogens with zero attached hydrogens (tertiary/aromatic N) is 4. The highest BCUT2D eigenvalue weighted by Gasteiger charge is 2.39. The number of fused-ring (bicyclic) bond motifs is 1. The van der Waals surface area contributed by atoms with Crippen LogP contribution in [0.4, 0.5) is 5.82 Å². The van der Waals surface area contributed by atoms with Crippen LogP contribution in [0.25, 0.3) is 0 Å². The lowest BCUT2D eigenvalue weighted by atomic mass is 9.96. The van der Waals surface area contributed by atoms with Gasteiger partial charge in [-0.15, -0.1) is 0 Å². The molecule has 1 amide bonds. The van der Waals surface area contributed by atoms with Crippen molar-refractivity contribution in [1.29, 1.82) is 0 Å². The monoisotopic (exact) mass is 341 g/mol. The second-order valence-corrected chi connectivity index (χ2v) is 8.15. The first-order chi connectivity index (χ1) is 12.2. The average Bonchev–Trinajstić information content (AvgIpc) is 3.41. The van der Waals surface area contributed by atoms with Gasteiger partial charge in [-0.25, -0.2) is 9.97 Å². The molecule has 1 atom stereocenters. The van der Waals surface area contributed by atoms with Crippen molar-refractivity contribution in [3.63, 3.8) is 0 Å². The number of likely N-dealkylation sites (tertiary alicyclic amines) is 1. The number of piperidine rings is 1. The van der Waals surface area contributed by atoms with Gasteiger partial charge >= 0.3 is 0 Å². The van der Waals surface area contributed by atoms with Crippen molar-refractivity contribution >= 4 is 11.7 Å². The van der Waals surface area contributed by atoms with Gasteiger partial charge < -0.3 is 10.2 Å². The maximum atomic E-state index is 12.3. The lowest BCUT2D eigenvalue weighted by Gasteiger charge is -2.50. The Morgan fingerprint density at radius 2 is 1.96 bits per heavy atom. The Hall–Kier alpha value is -1.69. The number of rotatable bonds is 3. The highest BCUT2D eigenvalue weighted by molar-refractivity contribution is 5.96. The molecule has 25 heavy (non-hydrogen) atoms. The van der Waals surface area contributed by atoms with E-state index in [1.54, 1.807) is 0 Å². The fourth-order valence-corrected chi connectivity index (χ4v) is 4.58. The summed E-state index contributed by atoms with van der Waals surface area (Å²) in [4.78, 5) is 26.9. The molecule has 1 aromatic rings. The maximum Gasteiger partial charge on any atom is 0.270 e. The van der Waals surface area contributed by atoms with Gasteiger partial charge in [-0.1, -0.05) is 6.42 Å². The van der Waals surface area contributed by atoms with Crippen LogP contribution in [0.1, 0.15) is 66.8 Å². The highest BCUT2D eigenvalue weighted by atomic mass is 16.1. The quantitative estimate of drug-likeness (QED) is 0.907. The second-order valence-electron chi connectivity index (χ2n) is 8.15. The smallest absolute Gasteiger partial charge is 0.270 e. The summed E-state index contributed by atoms with van der Waals surface area (Å²) in [5, 5.41) is 2.94. The van der Waals surface area contributed by atoms with Crippen molar-refractivity contribution in [3.8, 4) is 0 Å². The summed E-state index contributed by atoms with van der Waals surface area (Å²) >= 11 is 0. The van der Waals surface area contributed by atoms with Crippen LogP contribution >= 0.6 is 0 Å². The van der Waals surface area contributed by atoms with Crippen LogP contribution in [-0.2, 0) is 6.42 Å². The average molecular weight is 341 g/mol. The Labute approximate surface area is 149 Å². The van der Waals surface area contributed by atoms with Gasteiger partial charge in [0.2, 0.25) is 0 Å². The molecule has 1 aromatic heterocycles. The lowest BCUT2D eigenvalue weighted by Crippen LogP contribution is -2.63. The number of hydrogen-bond donors (Lipinski definition) is 1. The Morgan fingerprint density at radius 1 is 1.12 bits per heavy atom. The summed E-state index contributed by atoms with van der Waals surface area (Å²) in [6, 6.07) is 1.34. The van der Waals surface area contributed by atoms with E-state index in [1.807, 2.05) is 0 Å². The minimum Gasteiger partial charge on any atom is -0.353 e. The van der Waals surface area contributed by atoms with Gasteiger partial charge in [0.25, 0.3) is 5.91 Å². The normalized spacial score (nSPS) is 27.6. The molecular formula is C19H27N5O. The Morgan fingerprint density at radius 3 is 2.72 bits per heavy atom. The summed E-state index contributed by atoms with van der Waals surface area (Å²) in [5.74, 6) is 2.38. The van der Waals surface area contributed by atoms with E-state index in [2.05, 4.69) is 27.0 Å². The summed E-state index contributed by atoms with van der Waals surface area (Å²) in [5.41, 5.74) is 1.70. The van der Waals surface area contributed by atoms with Gasteiger partial charge in [-0.2, -0.15) is 0 Å². The van der Waals surface area contributed by atoms with E-state index in [1.165, 1.54) is 25.8 Å². The first-order valence-corrected chi connectivity index (χ1v) is 9.90. The molecule has 2 saturated heterocycles. The number of nitrogens with one attached hydrogen (secondary N) is 1. The predicted octanol–water partition coefficient (Wildman–Crippen LogP) is 1.70. The lowest BCUT2D eigenvalue weighted by molar-refractivity contribution is 0.0870. The molecule has 5 rings (SSSR count). The summed E-state index contributed by atoms with van der Waals surface area (Å²) in [6.45, 7) is 6.38. The van der Waals surface area contributed by atoms with E-state index in [9.17, 15) is 4.79 Å². The summed E-state index contributed by atoms with van der Waals surface area (Å²) < 4.78 is 0. The number of carbonyl (C=O) groups excluding carboxylic acids is 1. The topological polar surface area (TPSA) is 61.4 Å². The predicted molar refractivity (Wildman–Crippen MR) is 96.1 cm³/mol. The Kier molecular flexibility index (Phi) is 3.69. The molecular weight excluding hydrogens is 314 g/mol. The van der Waals surface area contributed by atoms with Gasteiger partial charge in [-0.3, -0.25) is 9.69 Å².